The summed E-state index contributed by atoms with van der Waals surface area (Å²) in [4.78, 5) is 13.4. The summed E-state index contributed by atoms with van der Waals surface area (Å²) in [7, 11) is 0. The van der Waals surface area contributed by atoms with Crippen LogP contribution in [0.1, 0.15) is 45.2 Å². The van der Waals surface area contributed by atoms with Crippen molar-refractivity contribution < 1.29 is 9.90 Å². The van der Waals surface area contributed by atoms with Crippen LogP contribution in [-0.4, -0.2) is 29.1 Å². The lowest BCUT2D eigenvalue weighted by Gasteiger charge is -2.40. The van der Waals surface area contributed by atoms with Crippen LogP contribution in [0.25, 0.3) is 0 Å². The molecule has 1 atom stereocenters. The van der Waals surface area contributed by atoms with Crippen molar-refractivity contribution in [2.24, 2.45) is 0 Å². The molecule has 1 rings (SSSR count). The van der Waals surface area contributed by atoms with Gasteiger partial charge in [0.25, 0.3) is 0 Å². The molecule has 0 heterocycles. The third-order valence-corrected chi connectivity index (χ3v) is 3.94. The molecule has 0 aliphatic carbocycles. The molecule has 3 heteroatoms. The zero-order chi connectivity index (χ0) is 14.5. The van der Waals surface area contributed by atoms with Gasteiger partial charge in [-0.15, -0.1) is 0 Å². The summed E-state index contributed by atoms with van der Waals surface area (Å²) in [5, 5.41) is 9.22. The summed E-state index contributed by atoms with van der Waals surface area (Å²) in [6.07, 6.45) is 1.13. The summed E-state index contributed by atoms with van der Waals surface area (Å²) in [6, 6.07) is 8.33. The maximum atomic E-state index is 11.2. The van der Waals surface area contributed by atoms with Gasteiger partial charge in [0.1, 0.15) is 0 Å². The summed E-state index contributed by atoms with van der Waals surface area (Å²) < 4.78 is 0. The van der Waals surface area contributed by atoms with Gasteiger partial charge < -0.3 is 5.11 Å². The normalized spacial score (nSPS) is 14.4. The molecule has 0 saturated heterocycles. The van der Waals surface area contributed by atoms with Crippen molar-refractivity contribution in [3.63, 3.8) is 0 Å². The number of carboxylic acid groups (broad SMARTS) is 1. The maximum absolute atomic E-state index is 11.2. The molecule has 0 amide bonds. The van der Waals surface area contributed by atoms with E-state index in [1.807, 2.05) is 6.92 Å². The molecule has 0 radical (unpaired) electrons. The Labute approximate surface area is 116 Å². The molecule has 0 aliphatic rings. The van der Waals surface area contributed by atoms with E-state index in [9.17, 15) is 9.90 Å². The zero-order valence-electron chi connectivity index (χ0n) is 12.4. The second-order valence-corrected chi connectivity index (χ2v) is 5.07. The lowest BCUT2D eigenvalue weighted by molar-refractivity contribution is -0.140. The molecule has 3 nitrogen and oxygen atoms in total. The van der Waals surface area contributed by atoms with Crippen molar-refractivity contribution in [3.05, 3.63) is 35.4 Å². The topological polar surface area (TPSA) is 40.5 Å². The van der Waals surface area contributed by atoms with Crippen LogP contribution in [0.3, 0.4) is 0 Å². The third-order valence-electron chi connectivity index (χ3n) is 3.94. The Morgan fingerprint density at radius 1 is 1.16 bits per heavy atom. The number of hydrogen-bond acceptors (Lipinski definition) is 2. The minimum Gasteiger partial charge on any atom is -0.481 e. The molecule has 1 N–H and O–H groups in total. The number of benzene rings is 1. The van der Waals surface area contributed by atoms with E-state index in [0.29, 0.717) is 0 Å². The molecule has 0 fully saturated rings. The number of aryl methyl sites for hydroxylation is 1. The van der Waals surface area contributed by atoms with Gasteiger partial charge in [-0.2, -0.15) is 0 Å². The van der Waals surface area contributed by atoms with Gasteiger partial charge in [0, 0.05) is 0 Å². The van der Waals surface area contributed by atoms with Crippen LogP contribution >= 0.6 is 0 Å². The van der Waals surface area contributed by atoms with E-state index >= 15 is 0 Å². The number of carboxylic acids is 1. The first-order valence-corrected chi connectivity index (χ1v) is 7.04. The highest BCUT2D eigenvalue weighted by atomic mass is 16.4. The van der Waals surface area contributed by atoms with Crippen molar-refractivity contribution in [1.29, 1.82) is 0 Å². The van der Waals surface area contributed by atoms with E-state index in [0.717, 1.165) is 25.1 Å². The molecule has 0 spiro atoms. The van der Waals surface area contributed by atoms with Crippen molar-refractivity contribution in [1.82, 2.24) is 4.90 Å². The second kappa shape index (κ2) is 6.71. The van der Waals surface area contributed by atoms with Gasteiger partial charge in [-0.25, -0.2) is 0 Å². The summed E-state index contributed by atoms with van der Waals surface area (Å²) in [6.45, 7) is 9.98. The van der Waals surface area contributed by atoms with Gasteiger partial charge in [0.15, 0.2) is 0 Å². The molecule has 0 aromatic heterocycles. The SMILES string of the molecule is CCc1ccc(C(C)(CC(=O)O)N(CC)CC)cc1. The Hall–Kier alpha value is -1.35. The van der Waals surface area contributed by atoms with E-state index in [1.165, 1.54) is 5.56 Å². The zero-order valence-corrected chi connectivity index (χ0v) is 12.4. The van der Waals surface area contributed by atoms with Gasteiger partial charge in [-0.3, -0.25) is 9.69 Å². The van der Waals surface area contributed by atoms with Gasteiger partial charge in [0.05, 0.1) is 12.0 Å². The molecule has 1 aromatic rings. The first-order chi connectivity index (χ1) is 8.97. The molecular weight excluding hydrogens is 238 g/mol. The van der Waals surface area contributed by atoms with Crippen LogP contribution in [0, 0.1) is 0 Å². The lowest BCUT2D eigenvalue weighted by atomic mass is 9.86. The Morgan fingerprint density at radius 2 is 1.68 bits per heavy atom. The van der Waals surface area contributed by atoms with Gasteiger partial charge >= 0.3 is 5.97 Å². The second-order valence-electron chi connectivity index (χ2n) is 5.07. The van der Waals surface area contributed by atoms with Crippen LogP contribution in [0.4, 0.5) is 0 Å². The van der Waals surface area contributed by atoms with Crippen LogP contribution in [0.2, 0.25) is 0 Å². The number of rotatable bonds is 7. The summed E-state index contributed by atoms with van der Waals surface area (Å²) in [5.74, 6) is -0.756. The van der Waals surface area contributed by atoms with Crippen LogP contribution in [0.5, 0.6) is 0 Å². The molecule has 1 unspecified atom stereocenters. The first-order valence-electron chi connectivity index (χ1n) is 7.04. The van der Waals surface area contributed by atoms with Crippen molar-refractivity contribution in [2.45, 2.75) is 46.1 Å². The van der Waals surface area contributed by atoms with E-state index in [1.54, 1.807) is 0 Å². The minimum absolute atomic E-state index is 0.125. The van der Waals surface area contributed by atoms with E-state index in [4.69, 9.17) is 0 Å². The number of nitrogens with zero attached hydrogens (tertiary/aromatic N) is 1. The van der Waals surface area contributed by atoms with Crippen molar-refractivity contribution in [3.8, 4) is 0 Å². The number of aliphatic carboxylic acids is 1. The van der Waals surface area contributed by atoms with E-state index < -0.39 is 11.5 Å². The van der Waals surface area contributed by atoms with Gasteiger partial charge in [-0.05, 0) is 37.6 Å². The average Bonchev–Trinajstić information content (AvgIpc) is 2.39. The predicted molar refractivity (Wildman–Crippen MR) is 78.3 cm³/mol. The average molecular weight is 263 g/mol. The van der Waals surface area contributed by atoms with E-state index in [2.05, 4.69) is 49.9 Å². The highest BCUT2D eigenvalue weighted by molar-refractivity contribution is 5.68. The standard InChI is InChI=1S/C16H25NO2/c1-5-13-8-10-14(11-9-13)16(4,12-15(18)19)17(6-2)7-3/h8-11H,5-7,12H2,1-4H3,(H,18,19). The van der Waals surface area contributed by atoms with E-state index in [-0.39, 0.29) is 6.42 Å². The van der Waals surface area contributed by atoms with Crippen LogP contribution < -0.4 is 0 Å². The van der Waals surface area contributed by atoms with Crippen molar-refractivity contribution in [2.75, 3.05) is 13.1 Å². The molecule has 1 aromatic carbocycles. The Kier molecular flexibility index (Phi) is 5.55. The molecule has 19 heavy (non-hydrogen) atoms. The van der Waals surface area contributed by atoms with Crippen molar-refractivity contribution >= 4 is 5.97 Å². The number of hydrogen-bond donors (Lipinski definition) is 1. The fourth-order valence-electron chi connectivity index (χ4n) is 2.71. The first kappa shape index (κ1) is 15.7. The fraction of sp³-hybridized carbons (Fsp3) is 0.562. The fourth-order valence-corrected chi connectivity index (χ4v) is 2.71. The Balaban J connectivity index is 3.17. The minimum atomic E-state index is -0.756. The highest BCUT2D eigenvalue weighted by Crippen LogP contribution is 2.32. The maximum Gasteiger partial charge on any atom is 0.305 e. The Morgan fingerprint density at radius 3 is 2.05 bits per heavy atom. The third kappa shape index (κ3) is 3.57. The lowest BCUT2D eigenvalue weighted by Crippen LogP contribution is -2.45. The smallest absolute Gasteiger partial charge is 0.305 e. The largest absolute Gasteiger partial charge is 0.481 e. The quantitative estimate of drug-likeness (QED) is 0.820. The molecule has 0 aliphatic heterocycles. The molecule has 0 saturated carbocycles. The summed E-state index contributed by atoms with van der Waals surface area (Å²) in [5.41, 5.74) is 1.92. The monoisotopic (exact) mass is 263 g/mol. The molecular formula is C16H25NO2. The van der Waals surface area contributed by atoms with Gasteiger partial charge in [-0.1, -0.05) is 45.0 Å². The summed E-state index contributed by atoms with van der Waals surface area (Å²) >= 11 is 0. The highest BCUT2D eigenvalue weighted by Gasteiger charge is 2.34. The van der Waals surface area contributed by atoms with Crippen LogP contribution in [-0.2, 0) is 16.8 Å². The molecule has 0 bridgehead atoms. The number of carbonyl (C=O) groups is 1. The van der Waals surface area contributed by atoms with Crippen LogP contribution in [0.15, 0.2) is 24.3 Å². The molecule has 106 valence electrons. The van der Waals surface area contributed by atoms with Gasteiger partial charge in [0.2, 0.25) is 0 Å². The Bertz CT molecular complexity index is 409. The predicted octanol–water partition coefficient (Wildman–Crippen LogP) is 3.28.